The van der Waals surface area contributed by atoms with Gasteiger partial charge in [-0.1, -0.05) is 32.0 Å². The first-order valence-electron chi connectivity index (χ1n) is 7.22. The third kappa shape index (κ3) is 3.50. The van der Waals surface area contributed by atoms with Gasteiger partial charge < -0.3 is 5.32 Å². The van der Waals surface area contributed by atoms with Crippen LogP contribution in [0.4, 0.5) is 0 Å². The highest BCUT2D eigenvalue weighted by Crippen LogP contribution is 2.39. The summed E-state index contributed by atoms with van der Waals surface area (Å²) in [6.07, 6.45) is 4.73. The summed E-state index contributed by atoms with van der Waals surface area (Å²) in [5, 5.41) is 3.73. The van der Waals surface area contributed by atoms with Crippen molar-refractivity contribution in [3.63, 3.8) is 0 Å². The van der Waals surface area contributed by atoms with Crippen LogP contribution < -0.4 is 5.32 Å². The fourth-order valence-corrected chi connectivity index (χ4v) is 4.81. The van der Waals surface area contributed by atoms with Crippen LogP contribution in [0.2, 0.25) is 0 Å². The van der Waals surface area contributed by atoms with Crippen LogP contribution >= 0.6 is 23.5 Å². The lowest BCUT2D eigenvalue weighted by Crippen LogP contribution is -2.38. The summed E-state index contributed by atoms with van der Waals surface area (Å²) >= 11 is 4.02. The number of rotatable bonds is 7. The molecule has 19 heavy (non-hydrogen) atoms. The van der Waals surface area contributed by atoms with Crippen LogP contribution in [0.3, 0.4) is 0 Å². The minimum absolute atomic E-state index is 0.422. The van der Waals surface area contributed by atoms with Crippen LogP contribution in [0, 0.1) is 0 Å². The van der Waals surface area contributed by atoms with Crippen molar-refractivity contribution < 1.29 is 0 Å². The largest absolute Gasteiger partial charge is 0.315 e. The summed E-state index contributed by atoms with van der Waals surface area (Å²) in [5.74, 6) is 1.92. The molecule has 0 saturated heterocycles. The Morgan fingerprint density at radius 2 is 2.05 bits per heavy atom. The van der Waals surface area contributed by atoms with E-state index < -0.39 is 0 Å². The van der Waals surface area contributed by atoms with Gasteiger partial charge in [-0.25, -0.2) is 0 Å². The van der Waals surface area contributed by atoms with Gasteiger partial charge in [0.15, 0.2) is 0 Å². The minimum Gasteiger partial charge on any atom is -0.315 e. The first-order chi connectivity index (χ1) is 9.24. The molecular formula is C16H25NS2. The molecule has 1 unspecified atom stereocenters. The molecule has 2 rings (SSSR count). The van der Waals surface area contributed by atoms with Crippen LogP contribution in [-0.2, 0) is 0 Å². The molecule has 0 saturated carbocycles. The summed E-state index contributed by atoms with van der Waals surface area (Å²) in [6.45, 7) is 6.86. The van der Waals surface area contributed by atoms with Crippen molar-refractivity contribution in [2.75, 3.05) is 25.1 Å². The fraction of sp³-hybridized carbons (Fsp3) is 0.625. The lowest BCUT2D eigenvalue weighted by Gasteiger charge is -2.30. The molecule has 0 bridgehead atoms. The van der Waals surface area contributed by atoms with Crippen molar-refractivity contribution in [1.29, 1.82) is 0 Å². The smallest absolute Gasteiger partial charge is 0.0276 e. The second kappa shape index (κ2) is 7.05. The number of fused-ring (bicyclic) bond motifs is 1. The first kappa shape index (κ1) is 15.3. The first-order valence-corrected chi connectivity index (χ1v) is 9.43. The quantitative estimate of drug-likeness (QED) is 0.801. The lowest BCUT2D eigenvalue weighted by molar-refractivity contribution is 0.485. The Bertz CT molecular complexity index is 393. The Morgan fingerprint density at radius 3 is 2.74 bits per heavy atom. The van der Waals surface area contributed by atoms with Gasteiger partial charge in [0, 0.05) is 34.4 Å². The Labute approximate surface area is 126 Å². The van der Waals surface area contributed by atoms with Crippen molar-refractivity contribution in [3.8, 4) is 0 Å². The van der Waals surface area contributed by atoms with Gasteiger partial charge in [0.25, 0.3) is 0 Å². The summed E-state index contributed by atoms with van der Waals surface area (Å²) < 4.78 is 0.422. The molecule has 1 aliphatic rings. The summed E-state index contributed by atoms with van der Waals surface area (Å²) in [6, 6.07) is 8.87. The molecule has 0 radical (unpaired) electrons. The average molecular weight is 296 g/mol. The molecule has 1 atom stereocenters. The topological polar surface area (TPSA) is 12.0 Å². The van der Waals surface area contributed by atoms with E-state index in [1.54, 1.807) is 5.56 Å². The lowest BCUT2D eigenvalue weighted by atomic mass is 9.99. The van der Waals surface area contributed by atoms with Gasteiger partial charge in [0.1, 0.15) is 0 Å². The number of thioether (sulfide) groups is 2. The molecule has 0 amide bonds. The molecule has 106 valence electrons. The highest BCUT2D eigenvalue weighted by molar-refractivity contribution is 8.00. The van der Waals surface area contributed by atoms with Gasteiger partial charge >= 0.3 is 0 Å². The van der Waals surface area contributed by atoms with Crippen LogP contribution in [0.15, 0.2) is 29.2 Å². The van der Waals surface area contributed by atoms with Gasteiger partial charge in [-0.3, -0.25) is 0 Å². The maximum Gasteiger partial charge on any atom is 0.0276 e. The molecule has 1 aromatic carbocycles. The van der Waals surface area contributed by atoms with E-state index in [4.69, 9.17) is 0 Å². The highest BCUT2D eigenvalue weighted by Gasteiger charge is 2.26. The number of hydrogen-bond acceptors (Lipinski definition) is 3. The van der Waals surface area contributed by atoms with Gasteiger partial charge in [-0.2, -0.15) is 11.8 Å². The van der Waals surface area contributed by atoms with E-state index in [1.807, 2.05) is 23.5 Å². The van der Waals surface area contributed by atoms with Crippen LogP contribution in [0.1, 0.15) is 38.2 Å². The molecule has 1 heterocycles. The monoisotopic (exact) mass is 295 g/mol. The second-order valence-electron chi connectivity index (χ2n) is 5.27. The van der Waals surface area contributed by atoms with E-state index in [0.717, 1.165) is 13.1 Å². The fourth-order valence-electron chi connectivity index (χ4n) is 2.73. The van der Waals surface area contributed by atoms with E-state index in [-0.39, 0.29) is 0 Å². The molecule has 0 fully saturated rings. The molecule has 1 aliphatic heterocycles. The Hall–Kier alpha value is -0.120. The van der Waals surface area contributed by atoms with E-state index in [2.05, 4.69) is 49.7 Å². The predicted molar refractivity (Wildman–Crippen MR) is 89.6 cm³/mol. The van der Waals surface area contributed by atoms with Gasteiger partial charge in [0.2, 0.25) is 0 Å². The maximum atomic E-state index is 3.73. The van der Waals surface area contributed by atoms with Gasteiger partial charge in [-0.05, 0) is 30.7 Å². The molecule has 0 aromatic heterocycles. The molecule has 1 aromatic rings. The third-order valence-electron chi connectivity index (χ3n) is 4.36. The zero-order valence-corrected chi connectivity index (χ0v) is 13.9. The molecule has 0 aliphatic carbocycles. The van der Waals surface area contributed by atoms with E-state index >= 15 is 0 Å². The summed E-state index contributed by atoms with van der Waals surface area (Å²) in [5.41, 5.74) is 1.54. The van der Waals surface area contributed by atoms with E-state index in [9.17, 15) is 0 Å². The normalized spacial score (nSPS) is 18.6. The third-order valence-corrected chi connectivity index (χ3v) is 7.20. The minimum atomic E-state index is 0.422. The Morgan fingerprint density at radius 1 is 1.32 bits per heavy atom. The van der Waals surface area contributed by atoms with Crippen LogP contribution in [0.5, 0.6) is 0 Å². The number of nitrogens with one attached hydrogen (secondary N) is 1. The van der Waals surface area contributed by atoms with E-state index in [1.165, 1.54) is 23.5 Å². The molecular weight excluding hydrogens is 270 g/mol. The Balaban J connectivity index is 1.87. The van der Waals surface area contributed by atoms with E-state index in [0.29, 0.717) is 10.7 Å². The molecule has 0 spiro atoms. The number of benzene rings is 1. The SMILES string of the molecule is CCC(CC)(CNCC1CSc2ccccc21)SC. The highest BCUT2D eigenvalue weighted by atomic mass is 32.2. The number of hydrogen-bond donors (Lipinski definition) is 1. The molecule has 3 heteroatoms. The summed E-state index contributed by atoms with van der Waals surface area (Å²) in [4.78, 5) is 1.48. The van der Waals surface area contributed by atoms with Crippen molar-refractivity contribution >= 4 is 23.5 Å². The van der Waals surface area contributed by atoms with Gasteiger partial charge in [0.05, 0.1) is 0 Å². The Kier molecular flexibility index (Phi) is 5.67. The van der Waals surface area contributed by atoms with Crippen molar-refractivity contribution in [1.82, 2.24) is 5.32 Å². The average Bonchev–Trinajstić information content (AvgIpc) is 2.88. The zero-order valence-electron chi connectivity index (χ0n) is 12.2. The predicted octanol–water partition coefficient (Wildman–Crippen LogP) is 4.39. The van der Waals surface area contributed by atoms with Crippen molar-refractivity contribution in [2.24, 2.45) is 0 Å². The molecule has 1 N–H and O–H groups in total. The summed E-state index contributed by atoms with van der Waals surface area (Å²) in [7, 11) is 0. The van der Waals surface area contributed by atoms with Crippen LogP contribution in [-0.4, -0.2) is 29.8 Å². The van der Waals surface area contributed by atoms with Gasteiger partial charge in [-0.15, -0.1) is 11.8 Å². The standard InChI is InChI=1S/C16H25NS2/c1-4-16(5-2,18-3)12-17-10-13-11-19-15-9-7-6-8-14(13)15/h6-9,13,17H,4-5,10-12H2,1-3H3. The van der Waals surface area contributed by atoms with Crippen LogP contribution in [0.25, 0.3) is 0 Å². The van der Waals surface area contributed by atoms with Crippen molar-refractivity contribution in [3.05, 3.63) is 29.8 Å². The maximum absolute atomic E-state index is 3.73. The zero-order chi connectivity index (χ0) is 13.7. The van der Waals surface area contributed by atoms with Crippen molar-refractivity contribution in [2.45, 2.75) is 42.2 Å². The molecule has 1 nitrogen and oxygen atoms in total. The second-order valence-corrected chi connectivity index (χ2v) is 7.61.